The third kappa shape index (κ3) is 2.60. The highest BCUT2D eigenvalue weighted by molar-refractivity contribution is 9.11. The first-order valence-corrected chi connectivity index (χ1v) is 5.29. The largest absolute Gasteiger partial charge is 0.0560 e. The predicted octanol–water partition coefficient (Wildman–Crippen LogP) is 4.11. The van der Waals surface area contributed by atoms with Crippen LogP contribution >= 0.6 is 31.9 Å². The molecule has 0 saturated carbocycles. The van der Waals surface area contributed by atoms with Gasteiger partial charge in [0.1, 0.15) is 0 Å². The third-order valence-electron chi connectivity index (χ3n) is 1.49. The Hall–Kier alpha value is 0.180. The Morgan fingerprint density at radius 2 is 1.50 bits per heavy atom. The molecule has 0 fully saturated rings. The quantitative estimate of drug-likeness (QED) is 0.674. The van der Waals surface area contributed by atoms with Gasteiger partial charge in [-0.2, -0.15) is 0 Å². The van der Waals surface area contributed by atoms with E-state index in [2.05, 4.69) is 64.8 Å². The molecular weight excluding hydrogens is 280 g/mol. The van der Waals surface area contributed by atoms with E-state index in [1.54, 1.807) is 0 Å². The van der Waals surface area contributed by atoms with Crippen LogP contribution in [0.4, 0.5) is 0 Å². The van der Waals surface area contributed by atoms with Crippen molar-refractivity contribution < 1.29 is 0 Å². The van der Waals surface area contributed by atoms with Crippen molar-refractivity contribution in [2.75, 3.05) is 0 Å². The number of benzene rings is 1. The second-order valence-corrected chi connectivity index (χ2v) is 5.42. The zero-order chi connectivity index (χ0) is 9.35. The minimum atomic E-state index is 0.103. The monoisotopic (exact) mass is 288 g/mol. The van der Waals surface area contributed by atoms with E-state index in [0.717, 1.165) is 14.5 Å². The Morgan fingerprint density at radius 3 is 1.83 bits per heavy atom. The van der Waals surface area contributed by atoms with Crippen LogP contribution in [0.3, 0.4) is 0 Å². The molecule has 1 rings (SSSR count). The summed E-state index contributed by atoms with van der Waals surface area (Å²) in [5.41, 5.74) is 1.19. The molecule has 0 amide bonds. The first-order chi connectivity index (χ1) is 5.39. The summed E-state index contributed by atoms with van der Waals surface area (Å²) in [6, 6.07) is 8.38. The van der Waals surface area contributed by atoms with Gasteiger partial charge in [-0.3, -0.25) is 0 Å². The summed E-state index contributed by atoms with van der Waals surface area (Å²) in [7, 11) is 0. The van der Waals surface area contributed by atoms with Gasteiger partial charge in [0.25, 0.3) is 0 Å². The maximum Gasteiger partial charge on any atom is 0.0268 e. The summed E-state index contributed by atoms with van der Waals surface area (Å²) in [6.45, 7) is 6.44. The van der Waals surface area contributed by atoms with E-state index in [4.69, 9.17) is 0 Å². The molecule has 0 aliphatic heterocycles. The van der Waals surface area contributed by atoms with Crippen molar-refractivity contribution in [3.05, 3.63) is 32.7 Å². The molecular formula is C10H10Br2. The van der Waals surface area contributed by atoms with E-state index in [1.807, 2.05) is 6.07 Å². The van der Waals surface area contributed by atoms with Gasteiger partial charge in [-0.05, 0) is 17.0 Å². The van der Waals surface area contributed by atoms with E-state index in [0.29, 0.717) is 0 Å². The first-order valence-electron chi connectivity index (χ1n) is 3.71. The summed E-state index contributed by atoms with van der Waals surface area (Å²) in [5, 5.41) is 0. The van der Waals surface area contributed by atoms with Crippen molar-refractivity contribution >= 4 is 31.9 Å². The first kappa shape index (κ1) is 10.3. The van der Waals surface area contributed by atoms with Gasteiger partial charge in [-0.1, -0.05) is 52.6 Å². The highest BCUT2D eigenvalue weighted by Crippen LogP contribution is 2.27. The molecule has 2 heteroatoms. The molecule has 12 heavy (non-hydrogen) atoms. The van der Waals surface area contributed by atoms with Crippen LogP contribution in [0.15, 0.2) is 15.0 Å². The fourth-order valence-electron chi connectivity index (χ4n) is 0.829. The molecule has 2 radical (unpaired) electrons. The molecule has 0 nitrogen and oxygen atoms in total. The summed E-state index contributed by atoms with van der Waals surface area (Å²) in [5.74, 6) is 0. The van der Waals surface area contributed by atoms with E-state index >= 15 is 0 Å². The lowest BCUT2D eigenvalue weighted by Crippen LogP contribution is -2.11. The lowest BCUT2D eigenvalue weighted by Gasteiger charge is -2.18. The molecule has 0 saturated heterocycles. The summed E-state index contributed by atoms with van der Waals surface area (Å²) in [6.07, 6.45) is 0. The highest BCUT2D eigenvalue weighted by Gasteiger charge is 2.15. The molecule has 1 aromatic rings. The second-order valence-electron chi connectivity index (χ2n) is 3.72. The zero-order valence-electron chi connectivity index (χ0n) is 7.33. The fourth-order valence-corrected chi connectivity index (χ4v) is 1.99. The Morgan fingerprint density at radius 1 is 1.08 bits per heavy atom. The standard InChI is InChI=1S/C10H10Br2/c1-10(2,3)7-4-8(11)6-9(12)5-7/h6H,1-3H3. The van der Waals surface area contributed by atoms with E-state index in [9.17, 15) is 0 Å². The van der Waals surface area contributed by atoms with Gasteiger partial charge < -0.3 is 0 Å². The van der Waals surface area contributed by atoms with Crippen LogP contribution in [0.2, 0.25) is 0 Å². The van der Waals surface area contributed by atoms with Crippen molar-refractivity contribution in [2.45, 2.75) is 26.2 Å². The van der Waals surface area contributed by atoms with Crippen LogP contribution in [0, 0.1) is 12.1 Å². The third-order valence-corrected chi connectivity index (χ3v) is 2.35. The maximum atomic E-state index is 3.40. The van der Waals surface area contributed by atoms with Gasteiger partial charge in [0, 0.05) is 21.1 Å². The van der Waals surface area contributed by atoms with Gasteiger partial charge in [-0.15, -0.1) is 0 Å². The van der Waals surface area contributed by atoms with Gasteiger partial charge in [-0.25, -0.2) is 0 Å². The Balaban J connectivity index is 3.18. The molecule has 0 spiro atoms. The Bertz CT molecular complexity index is 264. The summed E-state index contributed by atoms with van der Waals surface area (Å²) in [4.78, 5) is 0. The summed E-state index contributed by atoms with van der Waals surface area (Å²) >= 11 is 6.80. The highest BCUT2D eigenvalue weighted by atomic mass is 79.9. The number of rotatable bonds is 0. The van der Waals surface area contributed by atoms with Crippen LogP contribution in [-0.2, 0) is 5.41 Å². The van der Waals surface area contributed by atoms with Gasteiger partial charge >= 0.3 is 0 Å². The smallest absolute Gasteiger partial charge is 0.0268 e. The molecule has 0 aliphatic carbocycles. The normalized spacial score (nSPS) is 11.8. The van der Waals surface area contributed by atoms with Crippen LogP contribution in [-0.4, -0.2) is 0 Å². The van der Waals surface area contributed by atoms with Gasteiger partial charge in [0.15, 0.2) is 0 Å². The molecule has 0 heterocycles. The van der Waals surface area contributed by atoms with Crippen molar-refractivity contribution in [3.8, 4) is 0 Å². The van der Waals surface area contributed by atoms with E-state index in [1.165, 1.54) is 0 Å². The van der Waals surface area contributed by atoms with Crippen LogP contribution in [0.5, 0.6) is 0 Å². The van der Waals surface area contributed by atoms with E-state index < -0.39 is 0 Å². The van der Waals surface area contributed by atoms with Gasteiger partial charge in [0.05, 0.1) is 0 Å². The molecule has 0 N–H and O–H groups in total. The lowest BCUT2D eigenvalue weighted by atomic mass is 9.87. The molecule has 0 unspecified atom stereocenters. The van der Waals surface area contributed by atoms with Crippen LogP contribution < -0.4 is 0 Å². The maximum absolute atomic E-state index is 3.40. The minimum absolute atomic E-state index is 0.103. The lowest BCUT2D eigenvalue weighted by molar-refractivity contribution is 0.587. The van der Waals surface area contributed by atoms with Gasteiger partial charge in [0.2, 0.25) is 0 Å². The second kappa shape index (κ2) is 3.51. The number of hydrogen-bond acceptors (Lipinski definition) is 0. The van der Waals surface area contributed by atoms with Crippen molar-refractivity contribution in [2.24, 2.45) is 0 Å². The predicted molar refractivity (Wildman–Crippen MR) is 58.2 cm³/mol. The Kier molecular flexibility index (Phi) is 3.00. The molecule has 1 aromatic carbocycles. The molecule has 0 bridgehead atoms. The van der Waals surface area contributed by atoms with E-state index in [-0.39, 0.29) is 5.41 Å². The average molecular weight is 290 g/mol. The zero-order valence-corrected chi connectivity index (χ0v) is 10.5. The molecule has 0 aliphatic rings. The van der Waals surface area contributed by atoms with Crippen LogP contribution in [0.1, 0.15) is 26.3 Å². The molecule has 0 atom stereocenters. The SMILES string of the molecule is CC(C)(C)c1[c]c(Br)cc(Br)[c]1. The topological polar surface area (TPSA) is 0 Å². The van der Waals surface area contributed by atoms with Crippen molar-refractivity contribution in [3.63, 3.8) is 0 Å². The molecule has 64 valence electrons. The van der Waals surface area contributed by atoms with Crippen molar-refractivity contribution in [1.82, 2.24) is 0 Å². The number of hydrogen-bond donors (Lipinski definition) is 0. The minimum Gasteiger partial charge on any atom is -0.0560 e. The number of halogens is 2. The molecule has 0 aromatic heterocycles. The summed E-state index contributed by atoms with van der Waals surface area (Å²) < 4.78 is 1.94. The Labute approximate surface area is 90.6 Å². The fraction of sp³-hybridized carbons (Fsp3) is 0.400. The average Bonchev–Trinajstić information content (AvgIpc) is 1.82. The van der Waals surface area contributed by atoms with Crippen molar-refractivity contribution in [1.29, 1.82) is 0 Å². The van der Waals surface area contributed by atoms with Crippen LogP contribution in [0.25, 0.3) is 0 Å².